The molecule has 0 radical (unpaired) electrons. The molecule has 0 unspecified atom stereocenters. The van der Waals surface area contributed by atoms with Crippen LogP contribution in [-0.2, 0) is 0 Å². The van der Waals surface area contributed by atoms with Crippen molar-refractivity contribution in [3.8, 4) is 11.8 Å². The summed E-state index contributed by atoms with van der Waals surface area (Å²) in [4.78, 5) is 1.58. The second-order valence-electron chi connectivity index (χ2n) is 3.62. The molecule has 0 saturated carbocycles. The lowest BCUT2D eigenvalue weighted by atomic mass is 10.2. The summed E-state index contributed by atoms with van der Waals surface area (Å²) in [7, 11) is 2.94. The molecule has 0 aromatic heterocycles. The van der Waals surface area contributed by atoms with Crippen LogP contribution in [0.4, 0.5) is 14.5 Å². The van der Waals surface area contributed by atoms with E-state index in [1.54, 1.807) is 11.9 Å². The van der Waals surface area contributed by atoms with Gasteiger partial charge in [-0.05, 0) is 6.42 Å². The first-order chi connectivity index (χ1) is 8.10. The number of benzene rings is 1. The van der Waals surface area contributed by atoms with Gasteiger partial charge in [-0.1, -0.05) is 0 Å². The number of rotatable bonds is 5. The largest absolute Gasteiger partial charge is 0.494 e. The molecule has 1 aromatic rings. The van der Waals surface area contributed by atoms with Crippen LogP contribution in [0.2, 0.25) is 0 Å². The lowest BCUT2D eigenvalue weighted by Gasteiger charge is -2.20. The van der Waals surface area contributed by atoms with E-state index >= 15 is 0 Å². The number of anilines is 1. The highest BCUT2D eigenvalue weighted by Gasteiger charge is 2.13. The highest BCUT2D eigenvalue weighted by molar-refractivity contribution is 5.50. The van der Waals surface area contributed by atoms with E-state index in [0.717, 1.165) is 12.1 Å². The van der Waals surface area contributed by atoms with Crippen molar-refractivity contribution in [3.63, 3.8) is 0 Å². The van der Waals surface area contributed by atoms with Gasteiger partial charge in [0.15, 0.2) is 11.6 Å². The fraction of sp³-hybridized carbons (Fsp3) is 0.417. The number of nitriles is 1. The maximum Gasteiger partial charge on any atom is 0.167 e. The minimum Gasteiger partial charge on any atom is -0.494 e. The standard InChI is InChI=1S/C12H14F2N2O/c1-16(6-4-3-5-15)11-7-10(14)12(17-2)8-9(11)13/h7-8H,3-4,6H2,1-2H3. The zero-order chi connectivity index (χ0) is 12.8. The molecular formula is C12H14F2N2O. The Morgan fingerprint density at radius 1 is 1.35 bits per heavy atom. The molecule has 0 aliphatic rings. The number of unbranched alkanes of at least 4 members (excludes halogenated alkanes) is 1. The van der Waals surface area contributed by atoms with E-state index < -0.39 is 11.6 Å². The average molecular weight is 240 g/mol. The summed E-state index contributed by atoms with van der Waals surface area (Å²) in [6.45, 7) is 0.496. The van der Waals surface area contributed by atoms with Gasteiger partial charge in [0.2, 0.25) is 0 Å². The maximum atomic E-state index is 13.6. The molecule has 17 heavy (non-hydrogen) atoms. The van der Waals surface area contributed by atoms with E-state index in [9.17, 15) is 8.78 Å². The molecule has 0 fully saturated rings. The van der Waals surface area contributed by atoms with Crippen LogP contribution >= 0.6 is 0 Å². The van der Waals surface area contributed by atoms with Crippen molar-refractivity contribution in [1.29, 1.82) is 5.26 Å². The Bertz CT molecular complexity index is 429. The Hall–Kier alpha value is -1.83. The lowest BCUT2D eigenvalue weighted by molar-refractivity contribution is 0.383. The molecule has 0 amide bonds. The van der Waals surface area contributed by atoms with Crippen LogP contribution < -0.4 is 9.64 Å². The van der Waals surface area contributed by atoms with Gasteiger partial charge >= 0.3 is 0 Å². The predicted molar refractivity (Wildman–Crippen MR) is 61.0 cm³/mol. The van der Waals surface area contributed by atoms with Crippen molar-refractivity contribution in [2.75, 3.05) is 25.6 Å². The smallest absolute Gasteiger partial charge is 0.167 e. The highest BCUT2D eigenvalue weighted by Crippen LogP contribution is 2.26. The highest BCUT2D eigenvalue weighted by atomic mass is 19.1. The fourth-order valence-corrected chi connectivity index (χ4v) is 1.48. The maximum absolute atomic E-state index is 13.6. The van der Waals surface area contributed by atoms with Crippen LogP contribution in [0, 0.1) is 23.0 Å². The van der Waals surface area contributed by atoms with Crippen molar-refractivity contribution < 1.29 is 13.5 Å². The summed E-state index contributed by atoms with van der Waals surface area (Å²) in [6, 6.07) is 4.12. The Labute approximate surface area is 99.2 Å². The quantitative estimate of drug-likeness (QED) is 0.742. The summed E-state index contributed by atoms with van der Waals surface area (Å²) in [5, 5.41) is 8.40. The van der Waals surface area contributed by atoms with Gasteiger partial charge in [0.1, 0.15) is 5.82 Å². The summed E-state index contributed by atoms with van der Waals surface area (Å²) < 4.78 is 31.7. The summed E-state index contributed by atoms with van der Waals surface area (Å²) in [6.07, 6.45) is 1.00. The zero-order valence-electron chi connectivity index (χ0n) is 9.83. The van der Waals surface area contributed by atoms with E-state index in [-0.39, 0.29) is 11.4 Å². The molecule has 0 N–H and O–H groups in total. The topological polar surface area (TPSA) is 36.3 Å². The fourth-order valence-electron chi connectivity index (χ4n) is 1.48. The van der Waals surface area contributed by atoms with E-state index in [0.29, 0.717) is 19.4 Å². The van der Waals surface area contributed by atoms with E-state index in [1.165, 1.54) is 7.11 Å². The molecule has 92 valence electrons. The number of methoxy groups -OCH3 is 1. The Kier molecular flexibility index (Phi) is 4.70. The van der Waals surface area contributed by atoms with E-state index in [1.807, 2.05) is 6.07 Å². The first-order valence-electron chi connectivity index (χ1n) is 5.21. The van der Waals surface area contributed by atoms with Crippen LogP contribution in [-0.4, -0.2) is 20.7 Å². The normalized spacial score (nSPS) is 9.82. The van der Waals surface area contributed by atoms with Gasteiger partial charge in [-0.15, -0.1) is 0 Å². The molecule has 0 atom stereocenters. The molecule has 0 bridgehead atoms. The van der Waals surface area contributed by atoms with Gasteiger partial charge in [0.25, 0.3) is 0 Å². The first kappa shape index (κ1) is 13.2. The Morgan fingerprint density at radius 2 is 2.06 bits per heavy atom. The third-order valence-electron chi connectivity index (χ3n) is 2.41. The van der Waals surface area contributed by atoms with Crippen molar-refractivity contribution >= 4 is 5.69 Å². The molecule has 0 saturated heterocycles. The van der Waals surface area contributed by atoms with Gasteiger partial charge in [0.05, 0.1) is 18.9 Å². The zero-order valence-corrected chi connectivity index (χ0v) is 9.83. The molecule has 5 heteroatoms. The Balaban J connectivity index is 2.83. The molecule has 0 aliphatic carbocycles. The number of ether oxygens (including phenoxy) is 1. The summed E-state index contributed by atoms with van der Waals surface area (Å²) in [5.74, 6) is -1.25. The van der Waals surface area contributed by atoms with Crippen LogP contribution in [0.25, 0.3) is 0 Å². The molecule has 0 spiro atoms. The van der Waals surface area contributed by atoms with Gasteiger partial charge in [-0.25, -0.2) is 8.78 Å². The summed E-state index contributed by atoms with van der Waals surface area (Å²) in [5.41, 5.74) is 0.168. The van der Waals surface area contributed by atoms with Gasteiger partial charge in [-0.3, -0.25) is 0 Å². The second kappa shape index (κ2) is 6.04. The van der Waals surface area contributed by atoms with Crippen LogP contribution in [0.3, 0.4) is 0 Å². The third-order valence-corrected chi connectivity index (χ3v) is 2.41. The van der Waals surface area contributed by atoms with Crippen LogP contribution in [0.15, 0.2) is 12.1 Å². The average Bonchev–Trinajstić information content (AvgIpc) is 2.31. The van der Waals surface area contributed by atoms with Gasteiger partial charge < -0.3 is 9.64 Å². The molecule has 0 aliphatic heterocycles. The number of halogens is 2. The van der Waals surface area contributed by atoms with Crippen LogP contribution in [0.1, 0.15) is 12.8 Å². The van der Waals surface area contributed by atoms with Crippen molar-refractivity contribution in [2.24, 2.45) is 0 Å². The van der Waals surface area contributed by atoms with Crippen molar-refractivity contribution in [1.82, 2.24) is 0 Å². The first-order valence-corrected chi connectivity index (χ1v) is 5.21. The van der Waals surface area contributed by atoms with Crippen LogP contribution in [0.5, 0.6) is 5.75 Å². The minimum atomic E-state index is -0.601. The monoisotopic (exact) mass is 240 g/mol. The second-order valence-corrected chi connectivity index (χ2v) is 3.62. The number of hydrogen-bond acceptors (Lipinski definition) is 3. The molecule has 1 aromatic carbocycles. The van der Waals surface area contributed by atoms with Crippen molar-refractivity contribution in [2.45, 2.75) is 12.8 Å². The van der Waals surface area contributed by atoms with Crippen molar-refractivity contribution in [3.05, 3.63) is 23.8 Å². The molecule has 3 nitrogen and oxygen atoms in total. The van der Waals surface area contributed by atoms with Gasteiger partial charge in [0, 0.05) is 32.1 Å². The van der Waals surface area contributed by atoms with Gasteiger partial charge in [-0.2, -0.15) is 5.26 Å². The van der Waals surface area contributed by atoms with E-state index in [2.05, 4.69) is 4.74 Å². The Morgan fingerprint density at radius 3 is 2.65 bits per heavy atom. The predicted octanol–water partition coefficient (Wildman–Crippen LogP) is 2.71. The summed E-state index contributed by atoms with van der Waals surface area (Å²) >= 11 is 0. The molecule has 1 rings (SSSR count). The number of hydrogen-bond donors (Lipinski definition) is 0. The molecule has 0 heterocycles. The van der Waals surface area contributed by atoms with E-state index in [4.69, 9.17) is 5.26 Å². The third kappa shape index (κ3) is 3.31. The SMILES string of the molecule is COc1cc(F)c(N(C)CCCC#N)cc1F. The number of nitrogens with zero attached hydrogens (tertiary/aromatic N) is 2. The molecular weight excluding hydrogens is 226 g/mol. The minimum absolute atomic E-state index is 0.114. The lowest BCUT2D eigenvalue weighted by Crippen LogP contribution is -2.19.